The number of hydrogen-bond donors (Lipinski definition) is 2. The standard InChI is InChI=1S/C30H44O4/c1-25(2)16-18-17-8-9-20-27(5)12-11-21(31)26(3,4)19(27)10-13-29(20,7)28(17,6)14-15-30(18)23(22(25)32)34-24(30)33/h8-9,19-23,31-32H,10-16H2,1-7H3/t19-,20+,21+,22+,23+,27-,28+,29+,30-/m0/s1. The minimum Gasteiger partial charge on any atom is -0.457 e. The molecule has 0 bridgehead atoms. The molecule has 1 heterocycles. The normalized spacial score (nSPS) is 54.5. The zero-order chi connectivity index (χ0) is 24.7. The molecule has 4 fully saturated rings. The highest BCUT2D eigenvalue weighted by atomic mass is 16.6. The molecule has 0 radical (unpaired) electrons. The van der Waals surface area contributed by atoms with E-state index in [1.807, 2.05) is 0 Å². The first-order chi connectivity index (χ1) is 15.7. The van der Waals surface area contributed by atoms with Gasteiger partial charge in [0, 0.05) is 0 Å². The van der Waals surface area contributed by atoms with Crippen LogP contribution in [0.15, 0.2) is 23.3 Å². The fourth-order valence-corrected chi connectivity index (χ4v) is 10.4. The molecule has 2 N–H and O–H groups in total. The molecule has 1 aliphatic heterocycles. The van der Waals surface area contributed by atoms with E-state index in [1.54, 1.807) is 0 Å². The molecule has 0 aromatic heterocycles. The number of aliphatic hydroxyl groups excluding tert-OH is 2. The average Bonchev–Trinajstić information content (AvgIpc) is 2.74. The van der Waals surface area contributed by atoms with E-state index in [9.17, 15) is 15.0 Å². The summed E-state index contributed by atoms with van der Waals surface area (Å²) in [5, 5.41) is 22.0. The Balaban J connectivity index is 1.52. The van der Waals surface area contributed by atoms with E-state index in [-0.39, 0.29) is 39.1 Å². The highest BCUT2D eigenvalue weighted by Crippen LogP contribution is 2.75. The van der Waals surface area contributed by atoms with Gasteiger partial charge in [-0.1, -0.05) is 60.6 Å². The molecular weight excluding hydrogens is 424 g/mol. The maximum atomic E-state index is 13.0. The molecule has 4 heteroatoms. The quantitative estimate of drug-likeness (QED) is 0.456. The van der Waals surface area contributed by atoms with E-state index < -0.39 is 17.6 Å². The topological polar surface area (TPSA) is 66.8 Å². The SMILES string of the molecule is CC1(C)CC2=C3C=C[C@@H]4[C@@]5(C)CC[C@@H](O)C(C)(C)[C@@H]5CC[C@@]4(C)[C@]3(C)CC[C@]23C(=O)O[C@@H]3[C@H]1O. The molecule has 0 aromatic rings. The zero-order valence-electron chi connectivity index (χ0n) is 22.2. The highest BCUT2D eigenvalue weighted by molar-refractivity contribution is 5.89. The average molecular weight is 469 g/mol. The summed E-state index contributed by atoms with van der Waals surface area (Å²) in [4.78, 5) is 13.0. The molecule has 0 unspecified atom stereocenters. The summed E-state index contributed by atoms with van der Waals surface area (Å²) in [5.74, 6) is 0.852. The third-order valence-electron chi connectivity index (χ3n) is 12.9. The first-order valence-electron chi connectivity index (χ1n) is 13.7. The fourth-order valence-electron chi connectivity index (χ4n) is 10.4. The number of fused-ring (bicyclic) bond motifs is 5. The van der Waals surface area contributed by atoms with Crippen LogP contribution in [0.1, 0.15) is 93.4 Å². The molecule has 6 rings (SSSR count). The molecule has 9 atom stereocenters. The Morgan fingerprint density at radius 2 is 1.65 bits per heavy atom. The van der Waals surface area contributed by atoms with Gasteiger partial charge < -0.3 is 14.9 Å². The number of ether oxygens (including phenoxy) is 1. The van der Waals surface area contributed by atoms with Crippen LogP contribution in [0.3, 0.4) is 0 Å². The summed E-state index contributed by atoms with van der Waals surface area (Å²) in [6.45, 7) is 16.3. The van der Waals surface area contributed by atoms with Crippen molar-refractivity contribution in [1.29, 1.82) is 0 Å². The summed E-state index contributed by atoms with van der Waals surface area (Å²) in [6.07, 6.45) is 10.4. The number of aliphatic hydroxyl groups is 2. The van der Waals surface area contributed by atoms with E-state index >= 15 is 0 Å². The lowest BCUT2D eigenvalue weighted by molar-refractivity contribution is -0.244. The maximum Gasteiger partial charge on any atom is 0.320 e. The van der Waals surface area contributed by atoms with Gasteiger partial charge in [0.15, 0.2) is 0 Å². The van der Waals surface area contributed by atoms with Gasteiger partial charge >= 0.3 is 5.97 Å². The molecule has 4 nitrogen and oxygen atoms in total. The van der Waals surface area contributed by atoms with E-state index in [0.717, 1.165) is 44.9 Å². The lowest BCUT2D eigenvalue weighted by atomic mass is 9.35. The molecule has 188 valence electrons. The van der Waals surface area contributed by atoms with Gasteiger partial charge in [-0.15, -0.1) is 0 Å². The van der Waals surface area contributed by atoms with E-state index in [1.165, 1.54) is 11.1 Å². The lowest BCUT2D eigenvalue weighted by Crippen LogP contribution is -2.71. The molecule has 34 heavy (non-hydrogen) atoms. The second-order valence-corrected chi connectivity index (χ2v) is 14.9. The number of allylic oxidation sites excluding steroid dienone is 3. The van der Waals surface area contributed by atoms with Crippen LogP contribution in [0.2, 0.25) is 0 Å². The van der Waals surface area contributed by atoms with Crippen LogP contribution < -0.4 is 0 Å². The van der Waals surface area contributed by atoms with Gasteiger partial charge in [0.25, 0.3) is 0 Å². The minimum atomic E-state index is -0.616. The first kappa shape index (κ1) is 23.3. The Labute approximate surface area is 205 Å². The van der Waals surface area contributed by atoms with Gasteiger partial charge in [-0.25, -0.2) is 0 Å². The van der Waals surface area contributed by atoms with Crippen molar-refractivity contribution in [1.82, 2.24) is 0 Å². The van der Waals surface area contributed by atoms with E-state index in [0.29, 0.717) is 11.8 Å². The Morgan fingerprint density at radius 3 is 2.32 bits per heavy atom. The monoisotopic (exact) mass is 468 g/mol. The number of hydrogen-bond acceptors (Lipinski definition) is 4. The Morgan fingerprint density at radius 1 is 0.941 bits per heavy atom. The van der Waals surface area contributed by atoms with Crippen molar-refractivity contribution < 1.29 is 19.7 Å². The number of carbonyl (C=O) groups is 1. The summed E-state index contributed by atoms with van der Waals surface area (Å²) in [7, 11) is 0. The summed E-state index contributed by atoms with van der Waals surface area (Å²) < 4.78 is 5.64. The van der Waals surface area contributed by atoms with E-state index in [4.69, 9.17) is 4.74 Å². The van der Waals surface area contributed by atoms with Gasteiger partial charge in [0.1, 0.15) is 11.5 Å². The van der Waals surface area contributed by atoms with Crippen LogP contribution in [0.4, 0.5) is 0 Å². The Hall–Kier alpha value is -1.13. The largest absolute Gasteiger partial charge is 0.457 e. The smallest absolute Gasteiger partial charge is 0.320 e. The predicted molar refractivity (Wildman–Crippen MR) is 132 cm³/mol. The predicted octanol–water partition coefficient (Wildman–Crippen LogP) is 5.58. The van der Waals surface area contributed by atoms with Crippen molar-refractivity contribution >= 4 is 5.97 Å². The molecule has 1 spiro atoms. The second kappa shape index (κ2) is 6.40. The van der Waals surface area contributed by atoms with Crippen LogP contribution >= 0.6 is 0 Å². The van der Waals surface area contributed by atoms with Crippen molar-refractivity contribution in [3.8, 4) is 0 Å². The third-order valence-corrected chi connectivity index (χ3v) is 12.9. The molecule has 6 aliphatic rings. The molecule has 5 aliphatic carbocycles. The number of carbonyl (C=O) groups excluding carboxylic acids is 1. The molecule has 0 amide bonds. The van der Waals surface area contributed by atoms with Gasteiger partial charge in [-0.2, -0.15) is 0 Å². The number of rotatable bonds is 0. The fraction of sp³-hybridized carbons (Fsp3) is 0.833. The van der Waals surface area contributed by atoms with Gasteiger partial charge in [-0.05, 0) is 95.0 Å². The molecule has 0 aromatic carbocycles. The summed E-state index contributed by atoms with van der Waals surface area (Å²) in [6, 6.07) is 0. The highest BCUT2D eigenvalue weighted by Gasteiger charge is 2.73. The van der Waals surface area contributed by atoms with Crippen molar-refractivity contribution in [2.24, 2.45) is 44.3 Å². The Bertz CT molecular complexity index is 1020. The molecule has 1 saturated heterocycles. The van der Waals surface area contributed by atoms with Crippen LogP contribution in [-0.2, 0) is 9.53 Å². The van der Waals surface area contributed by atoms with Gasteiger partial charge in [0.05, 0.1) is 12.2 Å². The second-order valence-electron chi connectivity index (χ2n) is 14.9. The van der Waals surface area contributed by atoms with Gasteiger partial charge in [-0.3, -0.25) is 4.79 Å². The summed E-state index contributed by atoms with van der Waals surface area (Å²) >= 11 is 0. The number of esters is 1. The van der Waals surface area contributed by atoms with E-state index in [2.05, 4.69) is 60.6 Å². The van der Waals surface area contributed by atoms with Crippen LogP contribution in [0, 0.1) is 44.3 Å². The Kier molecular flexibility index (Phi) is 4.38. The van der Waals surface area contributed by atoms with Crippen molar-refractivity contribution in [2.75, 3.05) is 0 Å². The molecule has 3 saturated carbocycles. The first-order valence-corrected chi connectivity index (χ1v) is 13.7. The van der Waals surface area contributed by atoms with Crippen LogP contribution in [0.5, 0.6) is 0 Å². The zero-order valence-corrected chi connectivity index (χ0v) is 22.2. The maximum absolute atomic E-state index is 13.0. The van der Waals surface area contributed by atoms with Gasteiger partial charge in [0.2, 0.25) is 0 Å². The van der Waals surface area contributed by atoms with Crippen LogP contribution in [0.25, 0.3) is 0 Å². The van der Waals surface area contributed by atoms with Crippen LogP contribution in [-0.4, -0.2) is 34.5 Å². The summed E-state index contributed by atoms with van der Waals surface area (Å²) in [5.41, 5.74) is 1.92. The van der Waals surface area contributed by atoms with Crippen molar-refractivity contribution in [3.63, 3.8) is 0 Å². The molecular formula is C30H44O4. The third kappa shape index (κ3) is 2.32. The van der Waals surface area contributed by atoms with Crippen molar-refractivity contribution in [2.45, 2.75) is 112 Å². The minimum absolute atomic E-state index is 0.0000214. The van der Waals surface area contributed by atoms with Crippen molar-refractivity contribution in [3.05, 3.63) is 23.3 Å². The lowest BCUT2D eigenvalue weighted by Gasteiger charge is -2.70.